The maximum absolute atomic E-state index is 12.9. The van der Waals surface area contributed by atoms with Gasteiger partial charge in [-0.2, -0.15) is 0 Å². The molecule has 0 saturated carbocycles. The number of rotatable bonds is 3. The largest absolute Gasteiger partial charge is 0.481 e. The maximum Gasteiger partial charge on any atom is 0.339 e. The first-order chi connectivity index (χ1) is 14.3. The molecule has 0 radical (unpaired) electrons. The van der Waals surface area contributed by atoms with E-state index in [0.29, 0.717) is 30.0 Å². The van der Waals surface area contributed by atoms with Crippen molar-refractivity contribution in [3.8, 4) is 5.75 Å². The van der Waals surface area contributed by atoms with Crippen LogP contribution in [0.1, 0.15) is 44.2 Å². The Kier molecular flexibility index (Phi) is 5.45. The van der Waals surface area contributed by atoms with Gasteiger partial charge in [0.2, 0.25) is 0 Å². The molecule has 4 rings (SSSR count). The Morgan fingerprint density at radius 2 is 1.90 bits per heavy atom. The molecule has 1 unspecified atom stereocenters. The van der Waals surface area contributed by atoms with Gasteiger partial charge in [-0.1, -0.05) is 11.6 Å². The number of piperidine rings is 1. The standard InChI is InChI=1S/C24H29NO5/c1-15-7-12-28-24(14-15)8-10-25(11-9-24)22(26)18(4)29-19-5-6-20-16(2)17(3)23(27)30-21(20)13-19/h5-6,13-14,18H,7-12H2,1-4H3. The van der Waals surface area contributed by atoms with Gasteiger partial charge in [0.05, 0.1) is 12.2 Å². The Bertz CT molecular complexity index is 1060. The van der Waals surface area contributed by atoms with Crippen molar-refractivity contribution in [2.75, 3.05) is 19.7 Å². The minimum Gasteiger partial charge on any atom is -0.481 e. The van der Waals surface area contributed by atoms with Crippen LogP contribution in [-0.4, -0.2) is 42.2 Å². The average molecular weight is 411 g/mol. The van der Waals surface area contributed by atoms with Gasteiger partial charge < -0.3 is 18.8 Å². The molecule has 0 N–H and O–H groups in total. The molecule has 3 heterocycles. The van der Waals surface area contributed by atoms with Crippen LogP contribution < -0.4 is 10.4 Å². The van der Waals surface area contributed by atoms with Crippen molar-refractivity contribution < 1.29 is 18.7 Å². The number of hydrogen-bond donors (Lipinski definition) is 0. The van der Waals surface area contributed by atoms with Gasteiger partial charge in [-0.3, -0.25) is 4.79 Å². The fraction of sp³-hybridized carbons (Fsp3) is 0.500. The molecular formula is C24H29NO5. The molecule has 1 aromatic heterocycles. The summed E-state index contributed by atoms with van der Waals surface area (Å²) in [6.07, 6.45) is 4.22. The molecule has 0 aliphatic carbocycles. The SMILES string of the molecule is CC1=CC2(CCN(C(=O)C(C)Oc3ccc4c(C)c(C)c(=O)oc4c3)CC2)OCC1. The average Bonchev–Trinajstić information content (AvgIpc) is 2.72. The predicted octanol–water partition coefficient (Wildman–Crippen LogP) is 3.90. The van der Waals surface area contributed by atoms with E-state index in [4.69, 9.17) is 13.9 Å². The topological polar surface area (TPSA) is 69.0 Å². The van der Waals surface area contributed by atoms with Gasteiger partial charge in [-0.25, -0.2) is 4.79 Å². The van der Waals surface area contributed by atoms with Crippen molar-refractivity contribution in [2.24, 2.45) is 0 Å². The first-order valence-electron chi connectivity index (χ1n) is 10.6. The number of fused-ring (bicyclic) bond motifs is 1. The van der Waals surface area contributed by atoms with Crippen LogP contribution in [0.5, 0.6) is 5.75 Å². The monoisotopic (exact) mass is 411 g/mol. The van der Waals surface area contributed by atoms with Gasteiger partial charge in [0, 0.05) is 30.1 Å². The van der Waals surface area contributed by atoms with E-state index in [-0.39, 0.29) is 17.1 Å². The van der Waals surface area contributed by atoms with E-state index in [1.54, 1.807) is 19.9 Å². The van der Waals surface area contributed by atoms with Crippen LogP contribution in [-0.2, 0) is 9.53 Å². The van der Waals surface area contributed by atoms with E-state index in [2.05, 4.69) is 13.0 Å². The fourth-order valence-electron chi connectivity index (χ4n) is 4.39. The minimum absolute atomic E-state index is 0.0389. The molecule has 2 aliphatic heterocycles. The number of aryl methyl sites for hydroxylation is 1. The third kappa shape index (κ3) is 3.88. The molecule has 0 bridgehead atoms. The molecule has 30 heavy (non-hydrogen) atoms. The Hall–Kier alpha value is -2.60. The van der Waals surface area contributed by atoms with Crippen LogP contribution in [0.2, 0.25) is 0 Å². The second-order valence-corrected chi connectivity index (χ2v) is 8.54. The van der Waals surface area contributed by atoms with Gasteiger partial charge in [-0.05, 0) is 64.7 Å². The molecule has 1 atom stereocenters. The first-order valence-corrected chi connectivity index (χ1v) is 10.6. The van der Waals surface area contributed by atoms with Gasteiger partial charge in [0.1, 0.15) is 11.3 Å². The van der Waals surface area contributed by atoms with Crippen molar-refractivity contribution in [3.63, 3.8) is 0 Å². The molecule has 1 fully saturated rings. The Morgan fingerprint density at radius 3 is 2.60 bits per heavy atom. The molecule has 1 amide bonds. The predicted molar refractivity (Wildman–Crippen MR) is 115 cm³/mol. The Labute approximate surface area is 176 Å². The summed E-state index contributed by atoms with van der Waals surface area (Å²) in [5.41, 5.74) is 2.78. The van der Waals surface area contributed by atoms with Crippen molar-refractivity contribution in [1.82, 2.24) is 4.90 Å². The highest BCUT2D eigenvalue weighted by Gasteiger charge is 2.37. The molecular weight excluding hydrogens is 382 g/mol. The molecule has 6 heteroatoms. The molecule has 2 aliphatic rings. The number of benzene rings is 1. The second-order valence-electron chi connectivity index (χ2n) is 8.54. The number of likely N-dealkylation sites (tertiary alicyclic amines) is 1. The van der Waals surface area contributed by atoms with E-state index >= 15 is 0 Å². The van der Waals surface area contributed by atoms with Gasteiger partial charge in [0.15, 0.2) is 6.10 Å². The quantitative estimate of drug-likeness (QED) is 0.566. The van der Waals surface area contributed by atoms with E-state index < -0.39 is 6.10 Å². The van der Waals surface area contributed by atoms with Gasteiger partial charge >= 0.3 is 5.63 Å². The fourth-order valence-corrected chi connectivity index (χ4v) is 4.39. The smallest absolute Gasteiger partial charge is 0.339 e. The molecule has 1 spiro atoms. The van der Waals surface area contributed by atoms with E-state index in [0.717, 1.165) is 36.8 Å². The van der Waals surface area contributed by atoms with E-state index in [1.165, 1.54) is 5.57 Å². The third-order valence-corrected chi connectivity index (χ3v) is 6.41. The zero-order chi connectivity index (χ0) is 21.5. The summed E-state index contributed by atoms with van der Waals surface area (Å²) < 4.78 is 17.3. The van der Waals surface area contributed by atoms with E-state index in [9.17, 15) is 9.59 Å². The van der Waals surface area contributed by atoms with Crippen molar-refractivity contribution in [1.29, 1.82) is 0 Å². The number of nitrogens with zero attached hydrogens (tertiary/aromatic N) is 1. The summed E-state index contributed by atoms with van der Waals surface area (Å²) in [6.45, 7) is 9.62. The molecule has 160 valence electrons. The highest BCUT2D eigenvalue weighted by molar-refractivity contribution is 5.83. The van der Waals surface area contributed by atoms with Crippen molar-refractivity contribution in [2.45, 2.75) is 58.7 Å². The maximum atomic E-state index is 12.9. The highest BCUT2D eigenvalue weighted by atomic mass is 16.5. The van der Waals surface area contributed by atoms with Crippen LogP contribution in [0, 0.1) is 13.8 Å². The second kappa shape index (κ2) is 7.91. The van der Waals surface area contributed by atoms with Crippen LogP contribution in [0.4, 0.5) is 0 Å². The Morgan fingerprint density at radius 1 is 1.17 bits per heavy atom. The number of carbonyl (C=O) groups excluding carboxylic acids is 1. The summed E-state index contributed by atoms with van der Waals surface area (Å²) >= 11 is 0. The first kappa shape index (κ1) is 20.7. The van der Waals surface area contributed by atoms with Crippen LogP contribution in [0.15, 0.2) is 39.1 Å². The summed E-state index contributed by atoms with van der Waals surface area (Å²) in [6, 6.07) is 5.36. The highest BCUT2D eigenvalue weighted by Crippen LogP contribution is 2.33. The number of carbonyl (C=O) groups is 1. The van der Waals surface area contributed by atoms with Crippen LogP contribution in [0.3, 0.4) is 0 Å². The van der Waals surface area contributed by atoms with Crippen LogP contribution >= 0.6 is 0 Å². The summed E-state index contributed by atoms with van der Waals surface area (Å²) in [5.74, 6) is 0.473. The lowest BCUT2D eigenvalue weighted by molar-refractivity contribution is -0.142. The lowest BCUT2D eigenvalue weighted by atomic mass is 9.87. The zero-order valence-corrected chi connectivity index (χ0v) is 18.1. The lowest BCUT2D eigenvalue weighted by Crippen LogP contribution is -2.51. The molecule has 1 saturated heterocycles. The lowest BCUT2D eigenvalue weighted by Gasteiger charge is -2.42. The normalized spacial score (nSPS) is 19.6. The third-order valence-electron chi connectivity index (χ3n) is 6.41. The Balaban J connectivity index is 1.43. The van der Waals surface area contributed by atoms with Crippen molar-refractivity contribution in [3.05, 3.63) is 51.4 Å². The van der Waals surface area contributed by atoms with Gasteiger partial charge in [-0.15, -0.1) is 0 Å². The van der Waals surface area contributed by atoms with E-state index in [1.807, 2.05) is 24.0 Å². The van der Waals surface area contributed by atoms with Crippen LogP contribution in [0.25, 0.3) is 11.0 Å². The molecule has 1 aromatic carbocycles. The summed E-state index contributed by atoms with van der Waals surface area (Å²) in [5, 5.41) is 0.871. The number of amides is 1. The number of hydrogen-bond acceptors (Lipinski definition) is 5. The summed E-state index contributed by atoms with van der Waals surface area (Å²) in [7, 11) is 0. The zero-order valence-electron chi connectivity index (χ0n) is 18.1. The molecule has 6 nitrogen and oxygen atoms in total. The van der Waals surface area contributed by atoms with Gasteiger partial charge in [0.25, 0.3) is 5.91 Å². The summed E-state index contributed by atoms with van der Waals surface area (Å²) in [4.78, 5) is 26.7. The van der Waals surface area contributed by atoms with Crippen molar-refractivity contribution >= 4 is 16.9 Å². The molecule has 2 aromatic rings. The minimum atomic E-state index is -0.626. The number of ether oxygens (including phenoxy) is 2.